The Balaban J connectivity index is 1.47. The third kappa shape index (κ3) is 4.64. The molecule has 0 aliphatic heterocycles. The first-order chi connectivity index (χ1) is 14.5. The molecule has 30 heavy (non-hydrogen) atoms. The van der Waals surface area contributed by atoms with Gasteiger partial charge in [0, 0.05) is 23.0 Å². The average Bonchev–Trinajstić information content (AvgIpc) is 2.76. The highest BCUT2D eigenvalue weighted by atomic mass is 32.2. The predicted octanol–water partition coefficient (Wildman–Crippen LogP) is 5.00. The van der Waals surface area contributed by atoms with E-state index in [0.717, 1.165) is 22.5 Å². The van der Waals surface area contributed by atoms with Crippen molar-refractivity contribution in [3.63, 3.8) is 0 Å². The Labute approximate surface area is 175 Å². The van der Waals surface area contributed by atoms with E-state index < -0.39 is 10.0 Å². The molecule has 150 valence electrons. The minimum Gasteiger partial charge on any atom is -0.340 e. The molecule has 0 aliphatic carbocycles. The van der Waals surface area contributed by atoms with Crippen molar-refractivity contribution in [2.24, 2.45) is 0 Å². The molecule has 1 aromatic heterocycles. The molecule has 0 saturated carbocycles. The first kappa shape index (κ1) is 19.6. The van der Waals surface area contributed by atoms with Crippen LogP contribution in [0.25, 0.3) is 11.3 Å². The van der Waals surface area contributed by atoms with E-state index in [4.69, 9.17) is 0 Å². The van der Waals surface area contributed by atoms with Crippen LogP contribution in [0.15, 0.2) is 96.2 Å². The van der Waals surface area contributed by atoms with Gasteiger partial charge in [-0.1, -0.05) is 48.0 Å². The molecule has 0 unspecified atom stereocenters. The zero-order valence-electron chi connectivity index (χ0n) is 16.3. The number of benzene rings is 3. The quantitative estimate of drug-likeness (QED) is 0.462. The van der Waals surface area contributed by atoms with Gasteiger partial charge in [0.2, 0.25) is 0 Å². The Morgan fingerprint density at radius 3 is 2.13 bits per heavy atom. The SMILES string of the molecule is Cc1ccc(S(=O)(=O)Nc2ccc(Nc3cc(-c4ccccc4)ncn3)cc2)cc1. The summed E-state index contributed by atoms with van der Waals surface area (Å²) in [5, 5.41) is 3.21. The van der Waals surface area contributed by atoms with Gasteiger partial charge in [-0.15, -0.1) is 0 Å². The first-order valence-corrected chi connectivity index (χ1v) is 10.8. The Morgan fingerprint density at radius 2 is 1.43 bits per heavy atom. The molecule has 0 bridgehead atoms. The molecule has 0 radical (unpaired) electrons. The lowest BCUT2D eigenvalue weighted by molar-refractivity contribution is 0.601. The first-order valence-electron chi connectivity index (χ1n) is 9.34. The van der Waals surface area contributed by atoms with Crippen LogP contribution >= 0.6 is 0 Å². The summed E-state index contributed by atoms with van der Waals surface area (Å²) in [4.78, 5) is 8.79. The van der Waals surface area contributed by atoms with Crippen molar-refractivity contribution < 1.29 is 8.42 Å². The zero-order valence-corrected chi connectivity index (χ0v) is 17.1. The highest BCUT2D eigenvalue weighted by Gasteiger charge is 2.13. The Hall–Kier alpha value is -3.71. The van der Waals surface area contributed by atoms with Gasteiger partial charge in [0.15, 0.2) is 0 Å². The molecular formula is C23H20N4O2S. The second-order valence-electron chi connectivity index (χ2n) is 6.78. The highest BCUT2D eigenvalue weighted by molar-refractivity contribution is 7.92. The second-order valence-corrected chi connectivity index (χ2v) is 8.46. The molecule has 0 aliphatic rings. The standard InChI is InChI=1S/C23H20N4O2S/c1-17-7-13-21(14-8-17)30(28,29)27-20-11-9-19(10-12-20)26-23-15-22(24-16-25-23)18-5-3-2-4-6-18/h2-16,27H,1H3,(H,24,25,26). The minimum absolute atomic E-state index is 0.227. The van der Waals surface area contributed by atoms with E-state index in [1.54, 1.807) is 48.5 Å². The topological polar surface area (TPSA) is 84.0 Å². The molecule has 7 heteroatoms. The van der Waals surface area contributed by atoms with Gasteiger partial charge in [0.1, 0.15) is 12.1 Å². The Morgan fingerprint density at radius 1 is 0.767 bits per heavy atom. The lowest BCUT2D eigenvalue weighted by Crippen LogP contribution is -2.12. The minimum atomic E-state index is -3.63. The highest BCUT2D eigenvalue weighted by Crippen LogP contribution is 2.23. The van der Waals surface area contributed by atoms with Gasteiger partial charge < -0.3 is 5.32 Å². The number of aromatic nitrogens is 2. The van der Waals surface area contributed by atoms with Gasteiger partial charge in [-0.3, -0.25) is 4.72 Å². The lowest BCUT2D eigenvalue weighted by atomic mass is 10.1. The van der Waals surface area contributed by atoms with Crippen LogP contribution in [0.2, 0.25) is 0 Å². The normalized spacial score (nSPS) is 11.1. The predicted molar refractivity (Wildman–Crippen MR) is 119 cm³/mol. The third-order valence-electron chi connectivity index (χ3n) is 4.48. The number of anilines is 3. The van der Waals surface area contributed by atoms with Crippen LogP contribution in [-0.2, 0) is 10.0 Å². The molecule has 0 amide bonds. The Bertz CT molecular complexity index is 1240. The Kier molecular flexibility index (Phi) is 5.45. The molecule has 0 saturated heterocycles. The van der Waals surface area contributed by atoms with E-state index in [9.17, 15) is 8.42 Å². The number of hydrogen-bond acceptors (Lipinski definition) is 5. The molecule has 1 heterocycles. The van der Waals surface area contributed by atoms with Gasteiger partial charge in [-0.25, -0.2) is 18.4 Å². The number of rotatable bonds is 6. The van der Waals surface area contributed by atoms with Gasteiger partial charge in [-0.2, -0.15) is 0 Å². The van der Waals surface area contributed by atoms with Crippen LogP contribution in [0, 0.1) is 6.92 Å². The summed E-state index contributed by atoms with van der Waals surface area (Å²) in [5.41, 5.74) is 4.09. The molecule has 0 spiro atoms. The van der Waals surface area contributed by atoms with E-state index in [-0.39, 0.29) is 4.90 Å². The maximum atomic E-state index is 12.5. The van der Waals surface area contributed by atoms with E-state index in [0.29, 0.717) is 11.5 Å². The van der Waals surface area contributed by atoms with Crippen LogP contribution in [0.5, 0.6) is 0 Å². The van der Waals surface area contributed by atoms with Crippen molar-refractivity contribution in [1.29, 1.82) is 0 Å². The molecule has 0 atom stereocenters. The van der Waals surface area contributed by atoms with E-state index in [1.807, 2.05) is 43.3 Å². The van der Waals surface area contributed by atoms with Crippen LogP contribution in [0.4, 0.5) is 17.2 Å². The number of hydrogen-bond donors (Lipinski definition) is 2. The van der Waals surface area contributed by atoms with Crippen LogP contribution in [0.3, 0.4) is 0 Å². The second kappa shape index (κ2) is 8.34. The van der Waals surface area contributed by atoms with Gasteiger partial charge in [-0.05, 0) is 43.3 Å². The maximum Gasteiger partial charge on any atom is 0.261 e. The van der Waals surface area contributed by atoms with Crippen molar-refractivity contribution >= 4 is 27.2 Å². The number of nitrogens with one attached hydrogen (secondary N) is 2. The number of aryl methyl sites for hydroxylation is 1. The van der Waals surface area contributed by atoms with Crippen molar-refractivity contribution in [1.82, 2.24) is 9.97 Å². The van der Waals surface area contributed by atoms with E-state index in [1.165, 1.54) is 6.33 Å². The lowest BCUT2D eigenvalue weighted by Gasteiger charge is -2.10. The number of sulfonamides is 1. The fourth-order valence-corrected chi connectivity index (χ4v) is 3.95. The molecule has 6 nitrogen and oxygen atoms in total. The monoisotopic (exact) mass is 416 g/mol. The average molecular weight is 417 g/mol. The molecule has 0 fully saturated rings. The summed E-state index contributed by atoms with van der Waals surface area (Å²) in [6, 6.07) is 25.4. The van der Waals surface area contributed by atoms with Crippen LogP contribution in [-0.4, -0.2) is 18.4 Å². The van der Waals surface area contributed by atoms with E-state index >= 15 is 0 Å². The van der Waals surface area contributed by atoms with Gasteiger partial charge >= 0.3 is 0 Å². The van der Waals surface area contributed by atoms with Crippen LogP contribution in [0.1, 0.15) is 5.56 Å². The molecule has 2 N–H and O–H groups in total. The van der Waals surface area contributed by atoms with Gasteiger partial charge in [0.25, 0.3) is 10.0 Å². The zero-order chi connectivity index (χ0) is 21.0. The van der Waals surface area contributed by atoms with Crippen LogP contribution < -0.4 is 10.0 Å². The van der Waals surface area contributed by atoms with E-state index in [2.05, 4.69) is 20.0 Å². The summed E-state index contributed by atoms with van der Waals surface area (Å²) in [6.45, 7) is 1.91. The number of nitrogens with zero attached hydrogens (tertiary/aromatic N) is 2. The summed E-state index contributed by atoms with van der Waals surface area (Å²) in [5.74, 6) is 0.650. The smallest absolute Gasteiger partial charge is 0.261 e. The molecule has 4 rings (SSSR count). The van der Waals surface area contributed by atoms with Crippen molar-refractivity contribution in [3.8, 4) is 11.3 Å². The molecule has 4 aromatic rings. The summed E-state index contributed by atoms with van der Waals surface area (Å²) >= 11 is 0. The largest absolute Gasteiger partial charge is 0.340 e. The van der Waals surface area contributed by atoms with Crippen molar-refractivity contribution in [2.75, 3.05) is 10.0 Å². The van der Waals surface area contributed by atoms with Crippen molar-refractivity contribution in [3.05, 3.63) is 96.8 Å². The summed E-state index contributed by atoms with van der Waals surface area (Å²) in [6.07, 6.45) is 1.51. The summed E-state index contributed by atoms with van der Waals surface area (Å²) < 4.78 is 27.6. The fourth-order valence-electron chi connectivity index (χ4n) is 2.89. The van der Waals surface area contributed by atoms with Gasteiger partial charge in [0.05, 0.1) is 10.6 Å². The van der Waals surface area contributed by atoms with Crippen molar-refractivity contribution in [2.45, 2.75) is 11.8 Å². The third-order valence-corrected chi connectivity index (χ3v) is 5.87. The molecule has 3 aromatic carbocycles. The summed E-state index contributed by atoms with van der Waals surface area (Å²) in [7, 11) is -3.63. The molecular weight excluding hydrogens is 396 g/mol. The fraction of sp³-hybridized carbons (Fsp3) is 0.0435. The maximum absolute atomic E-state index is 12.5.